The standard InChI is InChI=1S/C19H18FNO6/c20-13-5-7-14(8-6-13)24-12-19(23)26-11-18(22)21-9-15-10-25-16-3-1-2-4-17(16)27-15/h1-8,15H,9-12H2,(H,21,22)/t15-/m0/s1. The van der Waals surface area contributed by atoms with Gasteiger partial charge in [0.2, 0.25) is 0 Å². The number of para-hydroxylation sites is 2. The van der Waals surface area contributed by atoms with Crippen LogP contribution in [0.4, 0.5) is 4.39 Å². The highest BCUT2D eigenvalue weighted by Crippen LogP contribution is 2.30. The Hall–Kier alpha value is -3.29. The van der Waals surface area contributed by atoms with Crippen molar-refractivity contribution in [1.82, 2.24) is 5.32 Å². The van der Waals surface area contributed by atoms with Gasteiger partial charge in [0.1, 0.15) is 24.3 Å². The molecule has 0 saturated heterocycles. The summed E-state index contributed by atoms with van der Waals surface area (Å²) in [4.78, 5) is 23.4. The predicted octanol–water partition coefficient (Wildman–Crippen LogP) is 1.70. The Bertz CT molecular complexity index is 795. The Balaban J connectivity index is 1.32. The van der Waals surface area contributed by atoms with E-state index in [0.29, 0.717) is 23.9 Å². The molecule has 0 saturated carbocycles. The zero-order valence-electron chi connectivity index (χ0n) is 14.4. The molecule has 2 aromatic rings. The molecule has 1 aliphatic heterocycles. The predicted molar refractivity (Wildman–Crippen MR) is 92.2 cm³/mol. The number of nitrogens with one attached hydrogen (secondary N) is 1. The number of carbonyl (C=O) groups excluding carboxylic acids is 2. The van der Waals surface area contributed by atoms with E-state index in [1.807, 2.05) is 12.1 Å². The van der Waals surface area contributed by atoms with E-state index in [0.717, 1.165) is 0 Å². The molecule has 7 nitrogen and oxygen atoms in total. The van der Waals surface area contributed by atoms with E-state index in [2.05, 4.69) is 5.32 Å². The van der Waals surface area contributed by atoms with Gasteiger partial charge in [0.05, 0.1) is 6.54 Å². The van der Waals surface area contributed by atoms with Gasteiger partial charge in [-0.1, -0.05) is 12.1 Å². The van der Waals surface area contributed by atoms with E-state index in [-0.39, 0.29) is 19.3 Å². The third-order valence-corrected chi connectivity index (χ3v) is 3.63. The topological polar surface area (TPSA) is 83.1 Å². The van der Waals surface area contributed by atoms with Crippen LogP contribution in [-0.2, 0) is 14.3 Å². The maximum atomic E-state index is 12.8. The summed E-state index contributed by atoms with van der Waals surface area (Å²) in [5, 5.41) is 2.61. The summed E-state index contributed by atoms with van der Waals surface area (Å²) in [6.07, 6.45) is -0.332. The number of benzene rings is 2. The van der Waals surface area contributed by atoms with Crippen LogP contribution >= 0.6 is 0 Å². The Kier molecular flexibility index (Phi) is 6.09. The maximum Gasteiger partial charge on any atom is 0.344 e. The second kappa shape index (κ2) is 8.88. The van der Waals surface area contributed by atoms with Crippen molar-refractivity contribution in [3.05, 3.63) is 54.3 Å². The smallest absolute Gasteiger partial charge is 0.344 e. The van der Waals surface area contributed by atoms with E-state index < -0.39 is 24.3 Å². The molecule has 1 aliphatic rings. The summed E-state index contributed by atoms with van der Waals surface area (Å²) in [7, 11) is 0. The average molecular weight is 375 g/mol. The normalized spacial score (nSPS) is 14.9. The van der Waals surface area contributed by atoms with Crippen molar-refractivity contribution in [2.75, 3.05) is 26.4 Å². The van der Waals surface area contributed by atoms with Crippen molar-refractivity contribution in [3.8, 4) is 17.2 Å². The van der Waals surface area contributed by atoms with Gasteiger partial charge >= 0.3 is 5.97 Å². The van der Waals surface area contributed by atoms with Gasteiger partial charge in [0, 0.05) is 0 Å². The van der Waals surface area contributed by atoms with Crippen molar-refractivity contribution < 1.29 is 32.9 Å². The SMILES string of the molecule is O=C(COC(=O)COc1ccc(F)cc1)NC[C@H]1COc2ccccc2O1. The molecule has 0 unspecified atom stereocenters. The molecule has 0 spiro atoms. The van der Waals surface area contributed by atoms with Gasteiger partial charge in [-0.15, -0.1) is 0 Å². The molecule has 0 radical (unpaired) electrons. The Morgan fingerprint density at radius 3 is 2.59 bits per heavy atom. The van der Waals surface area contributed by atoms with E-state index >= 15 is 0 Å². The van der Waals surface area contributed by atoms with Gasteiger partial charge in [0.25, 0.3) is 5.91 Å². The molecular weight excluding hydrogens is 357 g/mol. The van der Waals surface area contributed by atoms with Crippen LogP contribution in [0.2, 0.25) is 0 Å². The van der Waals surface area contributed by atoms with Crippen LogP contribution in [0.1, 0.15) is 0 Å². The lowest BCUT2D eigenvalue weighted by atomic mass is 10.2. The number of amides is 1. The van der Waals surface area contributed by atoms with Crippen molar-refractivity contribution >= 4 is 11.9 Å². The molecule has 142 valence electrons. The van der Waals surface area contributed by atoms with Crippen LogP contribution in [0, 0.1) is 5.82 Å². The van der Waals surface area contributed by atoms with Crippen molar-refractivity contribution in [2.24, 2.45) is 0 Å². The van der Waals surface area contributed by atoms with Gasteiger partial charge in [-0.3, -0.25) is 4.79 Å². The summed E-state index contributed by atoms with van der Waals surface area (Å²) in [5.41, 5.74) is 0. The fraction of sp³-hybridized carbons (Fsp3) is 0.263. The van der Waals surface area contributed by atoms with Gasteiger partial charge in [-0.2, -0.15) is 0 Å². The zero-order chi connectivity index (χ0) is 19.1. The lowest BCUT2D eigenvalue weighted by Gasteiger charge is -2.26. The van der Waals surface area contributed by atoms with Crippen molar-refractivity contribution in [2.45, 2.75) is 6.10 Å². The molecule has 8 heteroatoms. The number of ether oxygens (including phenoxy) is 4. The highest BCUT2D eigenvalue weighted by Gasteiger charge is 2.21. The van der Waals surface area contributed by atoms with Crippen LogP contribution in [0.15, 0.2) is 48.5 Å². The lowest BCUT2D eigenvalue weighted by Crippen LogP contribution is -2.42. The lowest BCUT2D eigenvalue weighted by molar-refractivity contribution is -0.150. The number of rotatable bonds is 7. The molecule has 0 aromatic heterocycles. The molecule has 1 atom stereocenters. The summed E-state index contributed by atoms with van der Waals surface area (Å²) in [5.74, 6) is 0.0285. The van der Waals surface area contributed by atoms with E-state index in [1.165, 1.54) is 24.3 Å². The first kappa shape index (κ1) is 18.5. The largest absolute Gasteiger partial charge is 0.486 e. The molecule has 2 aromatic carbocycles. The number of hydrogen-bond acceptors (Lipinski definition) is 6. The van der Waals surface area contributed by atoms with E-state index in [9.17, 15) is 14.0 Å². The van der Waals surface area contributed by atoms with E-state index in [4.69, 9.17) is 18.9 Å². The van der Waals surface area contributed by atoms with Crippen molar-refractivity contribution in [1.29, 1.82) is 0 Å². The molecule has 1 heterocycles. The molecule has 27 heavy (non-hydrogen) atoms. The minimum atomic E-state index is -0.708. The summed E-state index contributed by atoms with van der Waals surface area (Å²) < 4.78 is 34.0. The monoisotopic (exact) mass is 375 g/mol. The first-order valence-electron chi connectivity index (χ1n) is 8.29. The first-order valence-corrected chi connectivity index (χ1v) is 8.29. The fourth-order valence-corrected chi connectivity index (χ4v) is 2.30. The van der Waals surface area contributed by atoms with Gasteiger partial charge in [-0.25, -0.2) is 9.18 Å². The Morgan fingerprint density at radius 1 is 1.07 bits per heavy atom. The fourth-order valence-electron chi connectivity index (χ4n) is 2.30. The molecular formula is C19H18FNO6. The number of carbonyl (C=O) groups is 2. The molecule has 3 rings (SSSR count). The third kappa shape index (κ3) is 5.60. The average Bonchev–Trinajstić information content (AvgIpc) is 2.70. The Labute approximate surface area is 155 Å². The second-order valence-electron chi connectivity index (χ2n) is 5.70. The number of fused-ring (bicyclic) bond motifs is 1. The molecule has 0 bridgehead atoms. The van der Waals surface area contributed by atoms with Crippen LogP contribution < -0.4 is 19.5 Å². The quantitative estimate of drug-likeness (QED) is 0.742. The molecule has 0 aliphatic carbocycles. The minimum absolute atomic E-state index is 0.219. The second-order valence-corrected chi connectivity index (χ2v) is 5.70. The van der Waals surface area contributed by atoms with E-state index in [1.54, 1.807) is 12.1 Å². The van der Waals surface area contributed by atoms with Crippen LogP contribution in [-0.4, -0.2) is 44.3 Å². The molecule has 0 fully saturated rings. The first-order chi connectivity index (χ1) is 13.1. The molecule has 1 amide bonds. The minimum Gasteiger partial charge on any atom is -0.486 e. The van der Waals surface area contributed by atoms with Crippen LogP contribution in [0.5, 0.6) is 17.2 Å². The highest BCUT2D eigenvalue weighted by atomic mass is 19.1. The molecule has 1 N–H and O–H groups in total. The van der Waals surface area contributed by atoms with Crippen molar-refractivity contribution in [3.63, 3.8) is 0 Å². The number of esters is 1. The summed E-state index contributed by atoms with van der Waals surface area (Å²) >= 11 is 0. The zero-order valence-corrected chi connectivity index (χ0v) is 14.4. The Morgan fingerprint density at radius 2 is 1.81 bits per heavy atom. The van der Waals surface area contributed by atoms with Gasteiger partial charge in [-0.05, 0) is 36.4 Å². The highest BCUT2D eigenvalue weighted by molar-refractivity contribution is 5.80. The summed E-state index contributed by atoms with van der Waals surface area (Å²) in [6, 6.07) is 12.5. The van der Waals surface area contributed by atoms with Gasteiger partial charge < -0.3 is 24.3 Å². The summed E-state index contributed by atoms with van der Waals surface area (Å²) in [6.45, 7) is -0.287. The number of halogens is 1. The van der Waals surface area contributed by atoms with Gasteiger partial charge in [0.15, 0.2) is 24.7 Å². The van der Waals surface area contributed by atoms with Crippen LogP contribution in [0.3, 0.4) is 0 Å². The number of hydrogen-bond donors (Lipinski definition) is 1. The van der Waals surface area contributed by atoms with Crippen LogP contribution in [0.25, 0.3) is 0 Å². The third-order valence-electron chi connectivity index (χ3n) is 3.63. The maximum absolute atomic E-state index is 12.8.